The number of aromatic nitrogens is 1. The van der Waals surface area contributed by atoms with Crippen molar-refractivity contribution in [3.05, 3.63) is 41.8 Å². The predicted octanol–water partition coefficient (Wildman–Crippen LogP) is 2.48. The SMILES string of the molecule is CCN(CC)CCNC(=O)Cc1cc(-c2ccccc2F)on1. The van der Waals surface area contributed by atoms with E-state index in [1.54, 1.807) is 24.3 Å². The molecule has 0 aliphatic carbocycles. The van der Waals surface area contributed by atoms with Crippen LogP contribution >= 0.6 is 0 Å². The molecular formula is C17H22FN3O2. The third-order valence-electron chi connectivity index (χ3n) is 3.68. The molecular weight excluding hydrogens is 297 g/mol. The van der Waals surface area contributed by atoms with Gasteiger partial charge in [-0.2, -0.15) is 0 Å². The van der Waals surface area contributed by atoms with Crippen LogP contribution in [0.5, 0.6) is 0 Å². The number of benzene rings is 1. The topological polar surface area (TPSA) is 58.4 Å². The number of halogens is 1. The van der Waals surface area contributed by atoms with E-state index in [9.17, 15) is 9.18 Å². The second kappa shape index (κ2) is 8.43. The zero-order valence-electron chi connectivity index (χ0n) is 13.5. The van der Waals surface area contributed by atoms with E-state index < -0.39 is 0 Å². The van der Waals surface area contributed by atoms with Crippen LogP contribution in [0.4, 0.5) is 4.39 Å². The molecule has 0 unspecified atom stereocenters. The molecule has 0 saturated heterocycles. The van der Waals surface area contributed by atoms with Crippen molar-refractivity contribution in [2.75, 3.05) is 26.2 Å². The lowest BCUT2D eigenvalue weighted by atomic mass is 10.1. The molecule has 1 N–H and O–H groups in total. The van der Waals surface area contributed by atoms with Gasteiger partial charge >= 0.3 is 0 Å². The van der Waals surface area contributed by atoms with Crippen molar-refractivity contribution in [3.63, 3.8) is 0 Å². The Morgan fingerprint density at radius 3 is 2.74 bits per heavy atom. The Morgan fingerprint density at radius 1 is 1.30 bits per heavy atom. The lowest BCUT2D eigenvalue weighted by Gasteiger charge is -2.17. The fourth-order valence-corrected chi connectivity index (χ4v) is 2.30. The van der Waals surface area contributed by atoms with Gasteiger partial charge in [-0.1, -0.05) is 31.1 Å². The Hall–Kier alpha value is -2.21. The van der Waals surface area contributed by atoms with E-state index in [0.717, 1.165) is 19.6 Å². The minimum atomic E-state index is -0.376. The van der Waals surface area contributed by atoms with Gasteiger partial charge in [-0.15, -0.1) is 0 Å². The molecule has 2 aromatic rings. The fraction of sp³-hybridized carbons (Fsp3) is 0.412. The molecule has 0 spiro atoms. The summed E-state index contributed by atoms with van der Waals surface area (Å²) in [5, 5.41) is 6.69. The molecule has 0 aliphatic heterocycles. The van der Waals surface area contributed by atoms with E-state index in [1.807, 2.05) is 0 Å². The second-order valence-corrected chi connectivity index (χ2v) is 5.22. The fourth-order valence-electron chi connectivity index (χ4n) is 2.30. The van der Waals surface area contributed by atoms with E-state index in [0.29, 0.717) is 23.6 Å². The van der Waals surface area contributed by atoms with Gasteiger partial charge in [-0.05, 0) is 25.2 Å². The van der Waals surface area contributed by atoms with Crippen molar-refractivity contribution in [1.29, 1.82) is 0 Å². The lowest BCUT2D eigenvalue weighted by molar-refractivity contribution is -0.120. The van der Waals surface area contributed by atoms with Crippen LogP contribution in [0.1, 0.15) is 19.5 Å². The highest BCUT2D eigenvalue weighted by Crippen LogP contribution is 2.23. The quantitative estimate of drug-likeness (QED) is 0.812. The van der Waals surface area contributed by atoms with Gasteiger partial charge < -0.3 is 14.7 Å². The molecule has 1 aromatic carbocycles. The van der Waals surface area contributed by atoms with Gasteiger partial charge in [-0.25, -0.2) is 4.39 Å². The molecule has 0 atom stereocenters. The highest BCUT2D eigenvalue weighted by molar-refractivity contribution is 5.78. The number of nitrogens with one attached hydrogen (secondary N) is 1. The summed E-state index contributed by atoms with van der Waals surface area (Å²) in [6, 6.07) is 7.91. The number of carbonyl (C=O) groups is 1. The number of rotatable bonds is 8. The van der Waals surface area contributed by atoms with Gasteiger partial charge in [0, 0.05) is 19.2 Å². The van der Waals surface area contributed by atoms with E-state index in [4.69, 9.17) is 4.52 Å². The standard InChI is InChI=1S/C17H22FN3O2/c1-3-21(4-2)10-9-19-17(22)12-13-11-16(23-20-13)14-7-5-6-8-15(14)18/h5-8,11H,3-4,9-10,12H2,1-2H3,(H,19,22). The number of amides is 1. The number of hydrogen-bond donors (Lipinski definition) is 1. The van der Waals surface area contributed by atoms with Crippen molar-refractivity contribution < 1.29 is 13.7 Å². The Morgan fingerprint density at radius 2 is 2.04 bits per heavy atom. The Labute approximate surface area is 135 Å². The summed E-state index contributed by atoms with van der Waals surface area (Å²) in [4.78, 5) is 14.1. The van der Waals surface area contributed by atoms with E-state index in [1.165, 1.54) is 6.07 Å². The van der Waals surface area contributed by atoms with Gasteiger partial charge in [-0.3, -0.25) is 4.79 Å². The van der Waals surface area contributed by atoms with Crippen LogP contribution in [0, 0.1) is 5.82 Å². The number of likely N-dealkylation sites (N-methyl/N-ethyl adjacent to an activating group) is 1. The molecule has 0 fully saturated rings. The third kappa shape index (κ3) is 4.89. The van der Waals surface area contributed by atoms with Crippen molar-refractivity contribution in [2.24, 2.45) is 0 Å². The first-order chi connectivity index (χ1) is 11.1. The molecule has 1 amide bonds. The van der Waals surface area contributed by atoms with Gasteiger partial charge in [0.1, 0.15) is 5.82 Å². The molecule has 1 heterocycles. The lowest BCUT2D eigenvalue weighted by Crippen LogP contribution is -2.35. The summed E-state index contributed by atoms with van der Waals surface area (Å²) in [6.45, 7) is 7.51. The van der Waals surface area contributed by atoms with Crippen molar-refractivity contribution in [2.45, 2.75) is 20.3 Å². The molecule has 124 valence electrons. The minimum Gasteiger partial charge on any atom is -0.356 e. The van der Waals surface area contributed by atoms with Crippen LogP contribution in [0.25, 0.3) is 11.3 Å². The van der Waals surface area contributed by atoms with Gasteiger partial charge in [0.2, 0.25) is 5.91 Å². The molecule has 6 heteroatoms. The molecule has 0 aliphatic rings. The summed E-state index contributed by atoms with van der Waals surface area (Å²) in [5.74, 6) is -0.168. The third-order valence-corrected chi connectivity index (χ3v) is 3.68. The van der Waals surface area contributed by atoms with E-state index in [2.05, 4.69) is 29.2 Å². The Kier molecular flexibility index (Phi) is 6.29. The number of nitrogens with zero attached hydrogens (tertiary/aromatic N) is 2. The first kappa shape index (κ1) is 17.1. The predicted molar refractivity (Wildman–Crippen MR) is 86.4 cm³/mol. The monoisotopic (exact) mass is 319 g/mol. The first-order valence-corrected chi connectivity index (χ1v) is 7.83. The average Bonchev–Trinajstić information content (AvgIpc) is 3.00. The highest BCUT2D eigenvalue weighted by Gasteiger charge is 2.13. The maximum atomic E-state index is 13.7. The smallest absolute Gasteiger partial charge is 0.226 e. The summed E-state index contributed by atoms with van der Waals surface area (Å²) >= 11 is 0. The van der Waals surface area contributed by atoms with Crippen LogP contribution in [-0.4, -0.2) is 42.1 Å². The summed E-state index contributed by atoms with van der Waals surface area (Å²) in [6.07, 6.45) is 0.121. The molecule has 0 radical (unpaired) electrons. The summed E-state index contributed by atoms with van der Waals surface area (Å²) in [7, 11) is 0. The second-order valence-electron chi connectivity index (χ2n) is 5.22. The van der Waals surface area contributed by atoms with Crippen molar-refractivity contribution >= 4 is 5.91 Å². The van der Waals surface area contributed by atoms with Crippen molar-refractivity contribution in [1.82, 2.24) is 15.4 Å². The molecule has 5 nitrogen and oxygen atoms in total. The molecule has 2 rings (SSSR count). The molecule has 0 saturated carbocycles. The summed E-state index contributed by atoms with van der Waals surface area (Å²) in [5.41, 5.74) is 0.830. The summed E-state index contributed by atoms with van der Waals surface area (Å²) < 4.78 is 18.8. The van der Waals surface area contributed by atoms with Gasteiger partial charge in [0.25, 0.3) is 0 Å². The maximum absolute atomic E-state index is 13.7. The normalized spacial score (nSPS) is 11.0. The Bertz CT molecular complexity index is 638. The van der Waals surface area contributed by atoms with E-state index in [-0.39, 0.29) is 18.1 Å². The zero-order valence-corrected chi connectivity index (χ0v) is 13.5. The van der Waals surface area contributed by atoms with Crippen LogP contribution in [0.15, 0.2) is 34.9 Å². The highest BCUT2D eigenvalue weighted by atomic mass is 19.1. The molecule has 0 bridgehead atoms. The van der Waals surface area contributed by atoms with Crippen LogP contribution in [0.2, 0.25) is 0 Å². The van der Waals surface area contributed by atoms with Gasteiger partial charge in [0.15, 0.2) is 5.76 Å². The van der Waals surface area contributed by atoms with E-state index >= 15 is 0 Å². The van der Waals surface area contributed by atoms with Crippen molar-refractivity contribution in [3.8, 4) is 11.3 Å². The zero-order chi connectivity index (χ0) is 16.7. The molecule has 23 heavy (non-hydrogen) atoms. The average molecular weight is 319 g/mol. The number of hydrogen-bond acceptors (Lipinski definition) is 4. The maximum Gasteiger partial charge on any atom is 0.226 e. The first-order valence-electron chi connectivity index (χ1n) is 7.83. The molecule has 1 aromatic heterocycles. The largest absolute Gasteiger partial charge is 0.356 e. The van der Waals surface area contributed by atoms with Crippen LogP contribution in [0.3, 0.4) is 0 Å². The number of carbonyl (C=O) groups excluding carboxylic acids is 1. The Balaban J connectivity index is 1.87. The minimum absolute atomic E-state index is 0.120. The van der Waals surface area contributed by atoms with Crippen LogP contribution < -0.4 is 5.32 Å². The van der Waals surface area contributed by atoms with Gasteiger partial charge in [0.05, 0.1) is 17.7 Å². The van der Waals surface area contributed by atoms with Crippen LogP contribution in [-0.2, 0) is 11.2 Å².